The van der Waals surface area contributed by atoms with Gasteiger partial charge in [0.15, 0.2) is 5.69 Å². The van der Waals surface area contributed by atoms with Gasteiger partial charge in [0.2, 0.25) is 0 Å². The van der Waals surface area contributed by atoms with E-state index in [0.29, 0.717) is 16.3 Å². The zero-order valence-corrected chi connectivity index (χ0v) is 10.2. The maximum atomic E-state index is 12.5. The summed E-state index contributed by atoms with van der Waals surface area (Å²) in [4.78, 5) is 11.5. The monoisotopic (exact) mass is 284 g/mol. The smallest absolute Gasteiger partial charge is 0.386 e. The van der Waals surface area contributed by atoms with Crippen LogP contribution < -0.4 is 5.56 Å². The molecule has 0 spiro atoms. The Hall–Kier alpha value is -2.15. The fourth-order valence-corrected chi connectivity index (χ4v) is 1.68. The lowest BCUT2D eigenvalue weighted by molar-refractivity contribution is -0.142. The second kappa shape index (κ2) is 5.46. The number of hydrogen-bond donors (Lipinski definition) is 1. The van der Waals surface area contributed by atoms with Gasteiger partial charge >= 0.3 is 6.18 Å². The van der Waals surface area contributed by atoms with Crippen LogP contribution in [0, 0.1) is 0 Å². The third-order valence-corrected chi connectivity index (χ3v) is 2.69. The van der Waals surface area contributed by atoms with Gasteiger partial charge in [0.1, 0.15) is 0 Å². The molecule has 0 amide bonds. The third-order valence-electron chi connectivity index (χ3n) is 2.69. The van der Waals surface area contributed by atoms with Crippen LogP contribution in [-0.2, 0) is 12.7 Å². The van der Waals surface area contributed by atoms with Crippen LogP contribution in [-0.4, -0.2) is 14.9 Å². The highest BCUT2D eigenvalue weighted by Gasteiger charge is 2.33. The van der Waals surface area contributed by atoms with Crippen molar-refractivity contribution < 1.29 is 18.3 Å². The summed E-state index contributed by atoms with van der Waals surface area (Å²) in [6.45, 7) is -0.341. The largest absolute Gasteiger partial charge is 0.435 e. The van der Waals surface area contributed by atoms with Gasteiger partial charge in [0.25, 0.3) is 5.56 Å². The Bertz CT molecular complexity index is 638. The molecule has 1 N–H and O–H groups in total. The molecule has 7 heteroatoms. The number of rotatable bonds is 3. The van der Waals surface area contributed by atoms with Gasteiger partial charge in [-0.1, -0.05) is 30.3 Å². The molecule has 0 aliphatic rings. The minimum atomic E-state index is -4.63. The molecule has 0 fully saturated rings. The molecule has 0 aliphatic heterocycles. The summed E-state index contributed by atoms with van der Waals surface area (Å²) < 4.78 is 38.2. The highest BCUT2D eigenvalue weighted by Crippen LogP contribution is 2.26. The summed E-state index contributed by atoms with van der Waals surface area (Å²) in [5.41, 5.74) is -1.37. The van der Waals surface area contributed by atoms with Gasteiger partial charge in [-0.05, 0) is 11.6 Å². The molecule has 2 rings (SSSR count). The van der Waals surface area contributed by atoms with Crippen LogP contribution in [0.15, 0.2) is 47.3 Å². The highest BCUT2D eigenvalue weighted by atomic mass is 19.4. The van der Waals surface area contributed by atoms with Crippen LogP contribution >= 0.6 is 0 Å². The van der Waals surface area contributed by atoms with Gasteiger partial charge in [0.05, 0.1) is 12.6 Å². The van der Waals surface area contributed by atoms with Crippen molar-refractivity contribution >= 4 is 0 Å². The Labute approximate surface area is 112 Å². The van der Waals surface area contributed by atoms with Gasteiger partial charge in [-0.25, -0.2) is 4.68 Å². The Morgan fingerprint density at radius 3 is 2.40 bits per heavy atom. The first-order valence-corrected chi connectivity index (χ1v) is 5.76. The molecule has 1 aromatic carbocycles. The molecule has 0 aliphatic carbocycles. The summed E-state index contributed by atoms with van der Waals surface area (Å²) in [5, 5.41) is 13.1. The number of aliphatic hydroxyl groups excluding tert-OH is 1. The molecule has 1 unspecified atom stereocenters. The lowest BCUT2D eigenvalue weighted by Crippen LogP contribution is -2.28. The van der Waals surface area contributed by atoms with E-state index in [4.69, 9.17) is 0 Å². The van der Waals surface area contributed by atoms with Crippen LogP contribution in [0.5, 0.6) is 0 Å². The number of hydrogen-bond acceptors (Lipinski definition) is 3. The number of nitrogens with zero attached hydrogens (tertiary/aromatic N) is 2. The van der Waals surface area contributed by atoms with E-state index >= 15 is 0 Å². The molecule has 1 atom stereocenters. The summed E-state index contributed by atoms with van der Waals surface area (Å²) in [6.07, 6.45) is -5.74. The van der Waals surface area contributed by atoms with Crippen molar-refractivity contribution in [1.29, 1.82) is 0 Å². The van der Waals surface area contributed by atoms with Crippen molar-refractivity contribution in [3.63, 3.8) is 0 Å². The van der Waals surface area contributed by atoms with Crippen molar-refractivity contribution in [2.75, 3.05) is 0 Å². The lowest BCUT2D eigenvalue weighted by Gasteiger charge is -2.13. The van der Waals surface area contributed by atoms with Crippen molar-refractivity contribution in [3.05, 3.63) is 64.1 Å². The van der Waals surface area contributed by atoms with E-state index in [9.17, 15) is 23.1 Å². The van der Waals surface area contributed by atoms with Crippen LogP contribution in [0.1, 0.15) is 17.4 Å². The molecule has 106 valence electrons. The molecule has 4 nitrogen and oxygen atoms in total. The summed E-state index contributed by atoms with van der Waals surface area (Å²) in [5.74, 6) is 0. The molecule has 0 bridgehead atoms. The van der Waals surface area contributed by atoms with Crippen molar-refractivity contribution in [3.8, 4) is 0 Å². The molecule has 0 saturated carbocycles. The minimum Gasteiger partial charge on any atom is -0.386 e. The third kappa shape index (κ3) is 3.24. The maximum Gasteiger partial charge on any atom is 0.435 e. The molecular weight excluding hydrogens is 273 g/mol. The summed E-state index contributed by atoms with van der Waals surface area (Å²) in [6, 6.07) is 9.74. The molecule has 2 aromatic rings. The van der Waals surface area contributed by atoms with Crippen molar-refractivity contribution in [1.82, 2.24) is 9.78 Å². The van der Waals surface area contributed by atoms with Crippen LogP contribution in [0.3, 0.4) is 0 Å². The van der Waals surface area contributed by atoms with E-state index in [1.807, 2.05) is 0 Å². The van der Waals surface area contributed by atoms with E-state index in [-0.39, 0.29) is 6.54 Å². The van der Waals surface area contributed by atoms with Crippen LogP contribution in [0.25, 0.3) is 0 Å². The highest BCUT2D eigenvalue weighted by molar-refractivity contribution is 5.17. The Morgan fingerprint density at radius 2 is 1.80 bits per heavy atom. The first kappa shape index (κ1) is 14.3. The first-order chi connectivity index (χ1) is 9.38. The lowest BCUT2D eigenvalue weighted by atomic mass is 10.1. The standard InChI is InChI=1S/C13H11F3N2O2/c14-13(15,16)11-6-7-12(20)18(17-11)8-10(19)9-4-2-1-3-5-9/h1-7,10,19H,8H2. The van der Waals surface area contributed by atoms with E-state index in [2.05, 4.69) is 5.10 Å². The van der Waals surface area contributed by atoms with Gasteiger partial charge in [-0.2, -0.15) is 18.3 Å². The van der Waals surface area contributed by atoms with Gasteiger partial charge in [0, 0.05) is 6.07 Å². The predicted molar refractivity (Wildman–Crippen MR) is 64.9 cm³/mol. The number of benzene rings is 1. The number of alkyl halides is 3. The van der Waals surface area contributed by atoms with Gasteiger partial charge in [-0.3, -0.25) is 4.79 Å². The van der Waals surface area contributed by atoms with Gasteiger partial charge < -0.3 is 5.11 Å². The second-order valence-corrected chi connectivity index (χ2v) is 4.16. The zero-order valence-electron chi connectivity index (χ0n) is 10.2. The van der Waals surface area contributed by atoms with Crippen molar-refractivity contribution in [2.24, 2.45) is 0 Å². The predicted octanol–water partition coefficient (Wildman–Crippen LogP) is 2.00. The average molecular weight is 284 g/mol. The Kier molecular flexibility index (Phi) is 3.89. The Morgan fingerprint density at radius 1 is 1.15 bits per heavy atom. The molecule has 1 heterocycles. The zero-order chi connectivity index (χ0) is 14.8. The van der Waals surface area contributed by atoms with Gasteiger partial charge in [-0.15, -0.1) is 0 Å². The molecule has 20 heavy (non-hydrogen) atoms. The normalized spacial score (nSPS) is 13.2. The van der Waals surface area contributed by atoms with E-state index < -0.39 is 23.5 Å². The average Bonchev–Trinajstić information content (AvgIpc) is 2.41. The molecule has 0 saturated heterocycles. The number of aliphatic hydroxyl groups is 1. The maximum absolute atomic E-state index is 12.5. The quantitative estimate of drug-likeness (QED) is 0.938. The van der Waals surface area contributed by atoms with E-state index in [1.165, 1.54) is 0 Å². The van der Waals surface area contributed by atoms with E-state index in [1.54, 1.807) is 30.3 Å². The molecule has 0 radical (unpaired) electrons. The first-order valence-electron chi connectivity index (χ1n) is 5.76. The number of halogens is 3. The SMILES string of the molecule is O=c1ccc(C(F)(F)F)nn1CC(O)c1ccccc1. The summed E-state index contributed by atoms with van der Waals surface area (Å²) >= 11 is 0. The van der Waals surface area contributed by atoms with Crippen LogP contribution in [0.2, 0.25) is 0 Å². The van der Waals surface area contributed by atoms with Crippen molar-refractivity contribution in [2.45, 2.75) is 18.8 Å². The molecular formula is C13H11F3N2O2. The number of aromatic nitrogens is 2. The summed E-state index contributed by atoms with van der Waals surface area (Å²) in [7, 11) is 0. The molecule has 1 aromatic heterocycles. The fraction of sp³-hybridized carbons (Fsp3) is 0.231. The van der Waals surface area contributed by atoms with Crippen LogP contribution in [0.4, 0.5) is 13.2 Å². The Balaban J connectivity index is 2.27. The minimum absolute atomic E-state index is 0.341. The topological polar surface area (TPSA) is 55.1 Å². The fourth-order valence-electron chi connectivity index (χ4n) is 1.68. The van der Waals surface area contributed by atoms with E-state index in [0.717, 1.165) is 6.07 Å². The second-order valence-electron chi connectivity index (χ2n) is 4.16.